The first-order valence-corrected chi connectivity index (χ1v) is 12.9. The molecule has 1 aliphatic rings. The van der Waals surface area contributed by atoms with Gasteiger partial charge in [0.25, 0.3) is 11.7 Å². The van der Waals surface area contributed by atoms with Crippen LogP contribution in [-0.2, 0) is 9.59 Å². The van der Waals surface area contributed by atoms with E-state index in [0.717, 1.165) is 19.6 Å². The molecule has 0 aliphatic carbocycles. The topological polar surface area (TPSA) is 88.5 Å². The second-order valence-electron chi connectivity index (χ2n) is 8.67. The summed E-state index contributed by atoms with van der Waals surface area (Å²) in [7, 11) is 1.54. The van der Waals surface area contributed by atoms with Gasteiger partial charge in [-0.1, -0.05) is 19.9 Å². The van der Waals surface area contributed by atoms with Crippen molar-refractivity contribution >= 4 is 17.4 Å². The van der Waals surface area contributed by atoms with Crippen LogP contribution in [0.2, 0.25) is 0 Å². The van der Waals surface area contributed by atoms with E-state index in [1.807, 2.05) is 19.9 Å². The quantitative estimate of drug-likeness (QED) is 0.238. The summed E-state index contributed by atoms with van der Waals surface area (Å²) in [5, 5.41) is 11.3. The molecule has 0 radical (unpaired) electrons. The fourth-order valence-corrected chi connectivity index (χ4v) is 4.62. The molecule has 2 aromatic carbocycles. The number of carbonyl (C=O) groups excluding carboxylic acids is 2. The third-order valence-corrected chi connectivity index (χ3v) is 6.55. The SMILES string of the molecule is CCOc1ccc(C(O)=C2C(=O)C(=O)N(CCCN(CC)CC)[C@@H]2c2ccc(OCC)c(OC)c2)cc1. The summed E-state index contributed by atoms with van der Waals surface area (Å²) in [6.45, 7) is 11.9. The first-order valence-electron chi connectivity index (χ1n) is 12.9. The van der Waals surface area contributed by atoms with E-state index in [1.54, 1.807) is 48.4 Å². The molecule has 1 N–H and O–H groups in total. The van der Waals surface area contributed by atoms with Gasteiger partial charge in [0.1, 0.15) is 11.5 Å². The van der Waals surface area contributed by atoms with E-state index in [2.05, 4.69) is 18.7 Å². The number of methoxy groups -OCH3 is 1. The minimum Gasteiger partial charge on any atom is -0.507 e. The van der Waals surface area contributed by atoms with Crippen molar-refractivity contribution in [2.24, 2.45) is 0 Å². The fourth-order valence-electron chi connectivity index (χ4n) is 4.62. The van der Waals surface area contributed by atoms with Gasteiger partial charge in [-0.15, -0.1) is 0 Å². The van der Waals surface area contributed by atoms with Crippen LogP contribution in [0.3, 0.4) is 0 Å². The highest BCUT2D eigenvalue weighted by Crippen LogP contribution is 2.42. The van der Waals surface area contributed by atoms with Crippen LogP contribution in [0.15, 0.2) is 48.0 Å². The average Bonchev–Trinajstić information content (AvgIpc) is 3.16. The Bertz CT molecular complexity index is 1110. The van der Waals surface area contributed by atoms with Crippen molar-refractivity contribution in [1.29, 1.82) is 0 Å². The molecule has 1 atom stereocenters. The molecule has 1 amide bonds. The van der Waals surface area contributed by atoms with E-state index < -0.39 is 17.7 Å². The van der Waals surface area contributed by atoms with E-state index >= 15 is 0 Å². The summed E-state index contributed by atoms with van der Waals surface area (Å²) in [6, 6.07) is 11.4. The van der Waals surface area contributed by atoms with Gasteiger partial charge in [0.05, 0.1) is 31.9 Å². The van der Waals surface area contributed by atoms with Crippen LogP contribution in [0, 0.1) is 0 Å². The maximum Gasteiger partial charge on any atom is 0.295 e. The minimum absolute atomic E-state index is 0.0585. The molecule has 37 heavy (non-hydrogen) atoms. The van der Waals surface area contributed by atoms with Gasteiger partial charge in [0.15, 0.2) is 11.5 Å². The second kappa shape index (κ2) is 13.1. The highest BCUT2D eigenvalue weighted by Gasteiger charge is 2.46. The van der Waals surface area contributed by atoms with Gasteiger partial charge in [-0.3, -0.25) is 9.59 Å². The zero-order valence-corrected chi connectivity index (χ0v) is 22.5. The molecular weight excluding hydrogens is 472 g/mol. The van der Waals surface area contributed by atoms with Crippen LogP contribution in [0.25, 0.3) is 5.76 Å². The number of rotatable bonds is 13. The Hall–Kier alpha value is -3.52. The average molecular weight is 511 g/mol. The molecule has 200 valence electrons. The predicted octanol–water partition coefficient (Wildman–Crippen LogP) is 4.65. The molecule has 0 aromatic heterocycles. The largest absolute Gasteiger partial charge is 0.507 e. The van der Waals surface area contributed by atoms with Gasteiger partial charge >= 0.3 is 0 Å². The molecule has 2 aromatic rings. The fraction of sp³-hybridized carbons (Fsp3) is 0.448. The number of benzene rings is 2. The molecule has 0 unspecified atom stereocenters. The number of aliphatic hydroxyl groups excluding tert-OH is 1. The molecule has 8 nitrogen and oxygen atoms in total. The number of carbonyl (C=O) groups is 2. The van der Waals surface area contributed by atoms with Crippen LogP contribution in [-0.4, -0.2) is 73.1 Å². The number of Topliss-reactive ketones (excluding diaryl/α,β-unsaturated/α-hetero) is 1. The zero-order chi connectivity index (χ0) is 26.9. The number of hydrogen-bond donors (Lipinski definition) is 1. The molecule has 1 aliphatic heterocycles. The lowest BCUT2D eigenvalue weighted by atomic mass is 9.95. The highest BCUT2D eigenvalue weighted by atomic mass is 16.5. The monoisotopic (exact) mass is 510 g/mol. The van der Waals surface area contributed by atoms with Crippen LogP contribution in [0.1, 0.15) is 51.3 Å². The third kappa shape index (κ3) is 6.25. The van der Waals surface area contributed by atoms with Gasteiger partial charge in [-0.25, -0.2) is 0 Å². The molecule has 8 heteroatoms. The Morgan fingerprint density at radius 1 is 0.946 bits per heavy atom. The lowest BCUT2D eigenvalue weighted by Crippen LogP contribution is -2.33. The lowest BCUT2D eigenvalue weighted by molar-refractivity contribution is -0.140. The third-order valence-electron chi connectivity index (χ3n) is 6.55. The number of hydrogen-bond acceptors (Lipinski definition) is 7. The van der Waals surface area contributed by atoms with E-state index in [-0.39, 0.29) is 11.3 Å². The van der Waals surface area contributed by atoms with Gasteiger partial charge in [-0.05, 0) is 81.9 Å². The van der Waals surface area contributed by atoms with Crippen molar-refractivity contribution < 1.29 is 28.9 Å². The van der Waals surface area contributed by atoms with Gasteiger partial charge in [0.2, 0.25) is 0 Å². The normalized spacial score (nSPS) is 16.9. The number of ether oxygens (including phenoxy) is 3. The molecule has 0 bridgehead atoms. The standard InChI is InChI=1S/C29H38N2O6/c1-6-30(7-2)17-10-18-31-26(21-13-16-23(37-9-4)24(19-21)35-5)25(28(33)29(31)34)27(32)20-11-14-22(15-12-20)36-8-3/h11-16,19,26,32H,6-10,17-18H2,1-5H3/t26-/m1/s1. The molecular formula is C29H38N2O6. The Morgan fingerprint density at radius 3 is 2.22 bits per heavy atom. The number of likely N-dealkylation sites (tertiary alicyclic amines) is 1. The van der Waals surface area contributed by atoms with E-state index in [9.17, 15) is 14.7 Å². The lowest BCUT2D eigenvalue weighted by Gasteiger charge is -2.27. The van der Waals surface area contributed by atoms with Crippen LogP contribution in [0.5, 0.6) is 17.2 Å². The van der Waals surface area contributed by atoms with Gasteiger partial charge in [-0.2, -0.15) is 0 Å². The van der Waals surface area contributed by atoms with Crippen molar-refractivity contribution in [2.45, 2.75) is 40.2 Å². The van der Waals surface area contributed by atoms with Crippen molar-refractivity contribution in [3.05, 3.63) is 59.2 Å². The molecule has 1 saturated heterocycles. The van der Waals surface area contributed by atoms with Crippen molar-refractivity contribution in [3.8, 4) is 17.2 Å². The molecule has 0 saturated carbocycles. The molecule has 3 rings (SSSR count). The van der Waals surface area contributed by atoms with Crippen LogP contribution < -0.4 is 14.2 Å². The van der Waals surface area contributed by atoms with E-state index in [0.29, 0.717) is 54.6 Å². The first-order chi connectivity index (χ1) is 17.9. The molecule has 0 spiro atoms. The van der Waals surface area contributed by atoms with Crippen LogP contribution in [0.4, 0.5) is 0 Å². The number of amides is 1. The number of ketones is 1. The summed E-state index contributed by atoms with van der Waals surface area (Å²) < 4.78 is 16.7. The van der Waals surface area contributed by atoms with Crippen molar-refractivity contribution in [1.82, 2.24) is 9.80 Å². The highest BCUT2D eigenvalue weighted by molar-refractivity contribution is 6.46. The summed E-state index contributed by atoms with van der Waals surface area (Å²) in [5.41, 5.74) is 1.16. The Morgan fingerprint density at radius 2 is 1.62 bits per heavy atom. The summed E-state index contributed by atoms with van der Waals surface area (Å²) in [4.78, 5) is 30.4. The first kappa shape index (κ1) is 28.1. The van der Waals surface area contributed by atoms with Crippen molar-refractivity contribution in [2.75, 3.05) is 46.5 Å². The Balaban J connectivity index is 2.07. The van der Waals surface area contributed by atoms with Crippen molar-refractivity contribution in [3.63, 3.8) is 0 Å². The second-order valence-corrected chi connectivity index (χ2v) is 8.67. The minimum atomic E-state index is -0.757. The van der Waals surface area contributed by atoms with E-state index in [4.69, 9.17) is 14.2 Å². The Kier molecular flexibility index (Phi) is 9.97. The van der Waals surface area contributed by atoms with Gasteiger partial charge < -0.3 is 29.1 Å². The van der Waals surface area contributed by atoms with Crippen LogP contribution >= 0.6 is 0 Å². The van der Waals surface area contributed by atoms with Gasteiger partial charge in [0, 0.05) is 12.1 Å². The summed E-state index contributed by atoms with van der Waals surface area (Å²) in [6.07, 6.45) is 0.697. The maximum absolute atomic E-state index is 13.3. The molecule has 1 heterocycles. The summed E-state index contributed by atoms with van der Waals surface area (Å²) in [5.74, 6) is 0.180. The predicted molar refractivity (Wildman–Crippen MR) is 143 cm³/mol. The zero-order valence-electron chi connectivity index (χ0n) is 22.5. The Labute approximate surface area is 219 Å². The smallest absolute Gasteiger partial charge is 0.295 e. The molecule has 1 fully saturated rings. The number of aliphatic hydroxyl groups is 1. The maximum atomic E-state index is 13.3. The van der Waals surface area contributed by atoms with E-state index in [1.165, 1.54) is 0 Å². The summed E-state index contributed by atoms with van der Waals surface area (Å²) >= 11 is 0. The number of nitrogens with zero attached hydrogens (tertiary/aromatic N) is 2.